The number of carbonyl (C=O) groups excluding carboxylic acids is 2. The predicted octanol–water partition coefficient (Wildman–Crippen LogP) is 1.48. The number of hydrogen-bond donors (Lipinski definition) is 3. The van der Waals surface area contributed by atoms with Crippen molar-refractivity contribution in [3.63, 3.8) is 0 Å². The van der Waals surface area contributed by atoms with Gasteiger partial charge in [0.15, 0.2) is 5.76 Å². The lowest BCUT2D eigenvalue weighted by atomic mass is 10.0. The Morgan fingerprint density at radius 3 is 2.43 bits per heavy atom. The summed E-state index contributed by atoms with van der Waals surface area (Å²) in [4.78, 5) is 24.3. The van der Waals surface area contributed by atoms with Gasteiger partial charge in [-0.1, -0.05) is 13.8 Å². The van der Waals surface area contributed by atoms with Gasteiger partial charge in [-0.3, -0.25) is 9.59 Å². The van der Waals surface area contributed by atoms with Crippen molar-refractivity contribution in [1.29, 1.82) is 0 Å². The van der Waals surface area contributed by atoms with Crippen molar-refractivity contribution in [3.8, 4) is 0 Å². The van der Waals surface area contributed by atoms with E-state index in [0.29, 0.717) is 5.76 Å². The molecule has 124 valence electrons. The average Bonchev–Trinajstić information content (AvgIpc) is 3.22. The molecule has 23 heavy (non-hydrogen) atoms. The van der Waals surface area contributed by atoms with E-state index < -0.39 is 18.1 Å². The second-order valence-electron chi connectivity index (χ2n) is 5.45. The molecule has 2 aromatic rings. The lowest BCUT2D eigenvalue weighted by Gasteiger charge is -2.21. The van der Waals surface area contributed by atoms with Crippen molar-refractivity contribution in [1.82, 2.24) is 10.6 Å². The summed E-state index contributed by atoms with van der Waals surface area (Å²) >= 11 is 0. The molecular weight excluding hydrogens is 300 g/mol. The summed E-state index contributed by atoms with van der Waals surface area (Å²) in [6.07, 6.45) is 1.89. The van der Waals surface area contributed by atoms with Crippen LogP contribution < -0.4 is 10.6 Å². The van der Waals surface area contributed by atoms with Gasteiger partial charge in [-0.15, -0.1) is 0 Å². The fraction of sp³-hybridized carbons (Fsp3) is 0.375. The summed E-state index contributed by atoms with van der Waals surface area (Å²) in [7, 11) is 0. The maximum atomic E-state index is 12.3. The number of furan rings is 2. The zero-order valence-electron chi connectivity index (χ0n) is 13.0. The van der Waals surface area contributed by atoms with Gasteiger partial charge < -0.3 is 24.6 Å². The Morgan fingerprint density at radius 1 is 1.17 bits per heavy atom. The van der Waals surface area contributed by atoms with E-state index in [1.54, 1.807) is 18.2 Å². The first-order valence-corrected chi connectivity index (χ1v) is 7.32. The van der Waals surface area contributed by atoms with E-state index in [2.05, 4.69) is 10.6 Å². The summed E-state index contributed by atoms with van der Waals surface area (Å²) in [5.41, 5.74) is 0. The minimum Gasteiger partial charge on any atom is -0.467 e. The Bertz CT molecular complexity index is 619. The number of aliphatic hydroxyl groups is 1. The molecule has 2 aromatic heterocycles. The highest BCUT2D eigenvalue weighted by molar-refractivity contribution is 5.95. The van der Waals surface area contributed by atoms with Crippen molar-refractivity contribution in [2.75, 3.05) is 6.54 Å². The predicted molar refractivity (Wildman–Crippen MR) is 81.5 cm³/mol. The highest BCUT2D eigenvalue weighted by atomic mass is 16.4. The Morgan fingerprint density at radius 2 is 1.87 bits per heavy atom. The van der Waals surface area contributed by atoms with E-state index >= 15 is 0 Å². The molecule has 0 aliphatic heterocycles. The maximum absolute atomic E-state index is 12.3. The first-order chi connectivity index (χ1) is 11.0. The molecule has 2 heterocycles. The lowest BCUT2D eigenvalue weighted by molar-refractivity contribution is -0.124. The third kappa shape index (κ3) is 4.46. The molecule has 0 saturated heterocycles. The Hall–Kier alpha value is -2.54. The molecule has 0 spiro atoms. The van der Waals surface area contributed by atoms with E-state index in [1.807, 2.05) is 13.8 Å². The zero-order valence-corrected chi connectivity index (χ0v) is 13.0. The van der Waals surface area contributed by atoms with Crippen molar-refractivity contribution < 1.29 is 23.5 Å². The molecule has 2 rings (SSSR count). The molecule has 2 atom stereocenters. The molecule has 7 nitrogen and oxygen atoms in total. The van der Waals surface area contributed by atoms with Crippen molar-refractivity contribution >= 4 is 11.8 Å². The van der Waals surface area contributed by atoms with Crippen LogP contribution >= 0.6 is 0 Å². The standard InChI is InChI=1S/C16H20N2O5/c1-10(2)14(18-15(20)13-6-4-8-23-13)16(21)17-9-11(19)12-5-3-7-22-12/h3-8,10-11,14,19H,9H2,1-2H3,(H,17,21)(H,18,20). The number of amides is 2. The van der Waals surface area contributed by atoms with Gasteiger partial charge in [0.2, 0.25) is 5.91 Å². The van der Waals surface area contributed by atoms with Gasteiger partial charge in [0.05, 0.1) is 19.1 Å². The maximum Gasteiger partial charge on any atom is 0.287 e. The molecule has 0 bridgehead atoms. The zero-order chi connectivity index (χ0) is 16.8. The normalized spacial score (nSPS) is 13.6. The van der Waals surface area contributed by atoms with Gasteiger partial charge in [-0.2, -0.15) is 0 Å². The van der Waals surface area contributed by atoms with Gasteiger partial charge >= 0.3 is 0 Å². The fourth-order valence-corrected chi connectivity index (χ4v) is 2.04. The van der Waals surface area contributed by atoms with E-state index in [0.717, 1.165) is 0 Å². The van der Waals surface area contributed by atoms with Crippen LogP contribution in [-0.2, 0) is 4.79 Å². The van der Waals surface area contributed by atoms with E-state index in [1.165, 1.54) is 18.6 Å². The van der Waals surface area contributed by atoms with E-state index in [4.69, 9.17) is 8.83 Å². The number of aliphatic hydroxyl groups excluding tert-OH is 1. The molecule has 2 unspecified atom stereocenters. The summed E-state index contributed by atoms with van der Waals surface area (Å²) in [5, 5.41) is 15.1. The van der Waals surface area contributed by atoms with Crippen LogP contribution in [0.2, 0.25) is 0 Å². The van der Waals surface area contributed by atoms with E-state index in [-0.39, 0.29) is 24.1 Å². The molecule has 0 saturated carbocycles. The van der Waals surface area contributed by atoms with Gasteiger partial charge in [0, 0.05) is 0 Å². The van der Waals surface area contributed by atoms with Gasteiger partial charge in [0.25, 0.3) is 5.91 Å². The number of carbonyl (C=O) groups is 2. The lowest BCUT2D eigenvalue weighted by Crippen LogP contribution is -2.50. The molecule has 2 amide bonds. The SMILES string of the molecule is CC(C)C(NC(=O)c1ccco1)C(=O)NCC(O)c1ccco1. The second kappa shape index (κ2) is 7.64. The molecule has 7 heteroatoms. The quantitative estimate of drug-likeness (QED) is 0.716. The van der Waals surface area contributed by atoms with Gasteiger partial charge in [-0.05, 0) is 30.2 Å². The van der Waals surface area contributed by atoms with Crippen LogP contribution in [0.1, 0.15) is 36.3 Å². The highest BCUT2D eigenvalue weighted by Gasteiger charge is 2.26. The topological polar surface area (TPSA) is 105 Å². The van der Waals surface area contributed by atoms with Crippen molar-refractivity contribution in [3.05, 3.63) is 48.3 Å². The van der Waals surface area contributed by atoms with Crippen LogP contribution in [0.15, 0.2) is 45.6 Å². The molecular formula is C16H20N2O5. The second-order valence-corrected chi connectivity index (χ2v) is 5.45. The molecule has 0 radical (unpaired) electrons. The number of hydrogen-bond acceptors (Lipinski definition) is 5. The number of rotatable bonds is 7. The summed E-state index contributed by atoms with van der Waals surface area (Å²) in [6.45, 7) is 3.62. The minimum absolute atomic E-state index is 0.00775. The Kier molecular flexibility index (Phi) is 5.59. The van der Waals surface area contributed by atoms with Crippen LogP contribution in [0.25, 0.3) is 0 Å². The molecule has 0 aromatic carbocycles. The van der Waals surface area contributed by atoms with Crippen LogP contribution in [-0.4, -0.2) is 29.5 Å². The van der Waals surface area contributed by atoms with E-state index in [9.17, 15) is 14.7 Å². The van der Waals surface area contributed by atoms with Crippen molar-refractivity contribution in [2.24, 2.45) is 5.92 Å². The van der Waals surface area contributed by atoms with Crippen LogP contribution in [0.5, 0.6) is 0 Å². The molecule has 3 N–H and O–H groups in total. The van der Waals surface area contributed by atoms with Crippen LogP contribution in [0, 0.1) is 5.92 Å². The smallest absolute Gasteiger partial charge is 0.287 e. The third-order valence-corrected chi connectivity index (χ3v) is 3.32. The first kappa shape index (κ1) is 16.8. The average molecular weight is 320 g/mol. The monoisotopic (exact) mass is 320 g/mol. The number of nitrogens with one attached hydrogen (secondary N) is 2. The molecule has 0 fully saturated rings. The van der Waals surface area contributed by atoms with Crippen LogP contribution in [0.4, 0.5) is 0 Å². The first-order valence-electron chi connectivity index (χ1n) is 7.32. The molecule has 0 aliphatic rings. The van der Waals surface area contributed by atoms with Gasteiger partial charge in [-0.25, -0.2) is 0 Å². The summed E-state index contributed by atoms with van der Waals surface area (Å²) in [5.74, 6) is -0.472. The largest absolute Gasteiger partial charge is 0.467 e. The Labute approximate surface area is 133 Å². The Balaban J connectivity index is 1.92. The van der Waals surface area contributed by atoms with Crippen LogP contribution in [0.3, 0.4) is 0 Å². The highest BCUT2D eigenvalue weighted by Crippen LogP contribution is 2.12. The summed E-state index contributed by atoms with van der Waals surface area (Å²) < 4.78 is 10.1. The summed E-state index contributed by atoms with van der Waals surface area (Å²) in [6, 6.07) is 5.65. The molecule has 0 aliphatic carbocycles. The third-order valence-electron chi connectivity index (χ3n) is 3.32. The van der Waals surface area contributed by atoms with Gasteiger partial charge in [0.1, 0.15) is 17.9 Å². The fourth-order valence-electron chi connectivity index (χ4n) is 2.04. The van der Waals surface area contributed by atoms with Crippen molar-refractivity contribution in [2.45, 2.75) is 26.0 Å². The minimum atomic E-state index is -0.942.